The summed E-state index contributed by atoms with van der Waals surface area (Å²) in [6.45, 7) is 0. The molecule has 1 aliphatic rings. The second kappa shape index (κ2) is 5.07. The van der Waals surface area contributed by atoms with Crippen LogP contribution in [0.1, 0.15) is 6.42 Å². The van der Waals surface area contributed by atoms with Gasteiger partial charge in [0.2, 0.25) is 0 Å². The van der Waals surface area contributed by atoms with Crippen molar-refractivity contribution in [2.24, 2.45) is 0 Å². The van der Waals surface area contributed by atoms with E-state index in [0.717, 1.165) is 4.90 Å². The van der Waals surface area contributed by atoms with E-state index in [0.29, 0.717) is 0 Å². The molecule has 0 radical (unpaired) electrons. The number of aliphatic carboxylic acids is 1. The van der Waals surface area contributed by atoms with Gasteiger partial charge < -0.3 is 10.4 Å². The van der Waals surface area contributed by atoms with E-state index in [-0.39, 0.29) is 15.7 Å². The lowest BCUT2D eigenvalue weighted by molar-refractivity contribution is -0.139. The van der Waals surface area contributed by atoms with Crippen LogP contribution in [-0.4, -0.2) is 29.1 Å². The average molecular weight is 303 g/mol. The first-order valence-electron chi connectivity index (χ1n) is 5.21. The molecule has 0 spiro atoms. The molecule has 6 nitrogen and oxygen atoms in total. The van der Waals surface area contributed by atoms with Crippen molar-refractivity contribution in [2.45, 2.75) is 12.5 Å². The number of hydrogen-bond acceptors (Lipinski definition) is 3. The van der Waals surface area contributed by atoms with Crippen LogP contribution in [0.5, 0.6) is 0 Å². The predicted molar refractivity (Wildman–Crippen MR) is 68.5 cm³/mol. The van der Waals surface area contributed by atoms with Gasteiger partial charge in [0.05, 0.1) is 12.1 Å². The van der Waals surface area contributed by atoms with E-state index in [1.165, 1.54) is 18.2 Å². The monoisotopic (exact) mass is 302 g/mol. The maximum atomic E-state index is 12.0. The SMILES string of the molecule is O=C(O)CC1NC(=O)N(c2cc(Cl)cc(Cl)c2)C1=O. The van der Waals surface area contributed by atoms with Gasteiger partial charge >= 0.3 is 12.0 Å². The van der Waals surface area contributed by atoms with Gasteiger partial charge in [-0.2, -0.15) is 0 Å². The van der Waals surface area contributed by atoms with Crippen molar-refractivity contribution < 1.29 is 19.5 Å². The van der Waals surface area contributed by atoms with Gasteiger partial charge in [-0.05, 0) is 18.2 Å². The van der Waals surface area contributed by atoms with Crippen molar-refractivity contribution in [3.05, 3.63) is 28.2 Å². The van der Waals surface area contributed by atoms with Crippen molar-refractivity contribution in [3.63, 3.8) is 0 Å². The largest absolute Gasteiger partial charge is 0.481 e. The van der Waals surface area contributed by atoms with Crippen LogP contribution in [0.3, 0.4) is 0 Å². The molecule has 3 amide bonds. The van der Waals surface area contributed by atoms with E-state index in [1.807, 2.05) is 0 Å². The molecule has 2 N–H and O–H groups in total. The van der Waals surface area contributed by atoms with Crippen LogP contribution in [0, 0.1) is 0 Å². The fourth-order valence-corrected chi connectivity index (χ4v) is 2.27. The van der Waals surface area contributed by atoms with Crippen LogP contribution in [0.15, 0.2) is 18.2 Å². The Balaban J connectivity index is 2.32. The topological polar surface area (TPSA) is 86.7 Å². The Bertz CT molecular complexity index is 556. The van der Waals surface area contributed by atoms with Gasteiger partial charge in [0.1, 0.15) is 6.04 Å². The number of anilines is 1. The number of hydrogen-bond donors (Lipinski definition) is 2. The summed E-state index contributed by atoms with van der Waals surface area (Å²) in [5.74, 6) is -1.82. The van der Waals surface area contributed by atoms with E-state index in [9.17, 15) is 14.4 Å². The quantitative estimate of drug-likeness (QED) is 0.835. The van der Waals surface area contributed by atoms with Gasteiger partial charge in [0.15, 0.2) is 0 Å². The van der Waals surface area contributed by atoms with Crippen molar-refractivity contribution in [1.29, 1.82) is 0 Å². The second-order valence-corrected chi connectivity index (χ2v) is 4.77. The highest BCUT2D eigenvalue weighted by molar-refractivity contribution is 6.35. The zero-order valence-corrected chi connectivity index (χ0v) is 10.9. The minimum atomic E-state index is -1.18. The van der Waals surface area contributed by atoms with Crippen LogP contribution >= 0.6 is 23.2 Å². The molecule has 100 valence electrons. The number of carbonyl (C=O) groups excluding carboxylic acids is 2. The predicted octanol–water partition coefficient (Wildman–Crippen LogP) is 1.89. The van der Waals surface area contributed by atoms with Crippen LogP contribution in [0.4, 0.5) is 10.5 Å². The minimum Gasteiger partial charge on any atom is -0.481 e. The van der Waals surface area contributed by atoms with Crippen molar-refractivity contribution in [1.82, 2.24) is 5.32 Å². The van der Waals surface area contributed by atoms with Crippen LogP contribution in [0.2, 0.25) is 10.0 Å². The maximum Gasteiger partial charge on any atom is 0.329 e. The van der Waals surface area contributed by atoms with Gasteiger partial charge in [0.25, 0.3) is 5.91 Å². The van der Waals surface area contributed by atoms with E-state index in [4.69, 9.17) is 28.3 Å². The summed E-state index contributed by atoms with van der Waals surface area (Å²) >= 11 is 11.6. The molecular formula is C11H8Cl2N2O4. The minimum absolute atomic E-state index is 0.202. The van der Waals surface area contributed by atoms with E-state index in [1.54, 1.807) is 0 Å². The zero-order chi connectivity index (χ0) is 14.2. The average Bonchev–Trinajstić information content (AvgIpc) is 2.51. The first-order chi connectivity index (χ1) is 8.88. The number of urea groups is 1. The number of benzene rings is 1. The number of nitrogens with zero attached hydrogens (tertiary/aromatic N) is 1. The standard InChI is InChI=1S/C11H8Cl2N2O4/c12-5-1-6(13)3-7(2-5)15-10(18)8(4-9(16)17)14-11(15)19/h1-3,8H,4H2,(H,14,19)(H,16,17). The lowest BCUT2D eigenvalue weighted by atomic mass is 10.2. The molecule has 1 aromatic carbocycles. The summed E-state index contributed by atoms with van der Waals surface area (Å²) < 4.78 is 0. The number of carboxylic acid groups (broad SMARTS) is 1. The summed E-state index contributed by atoms with van der Waals surface area (Å²) in [5.41, 5.74) is 0.202. The summed E-state index contributed by atoms with van der Waals surface area (Å²) in [6.07, 6.45) is -0.477. The molecule has 1 saturated heterocycles. The first-order valence-corrected chi connectivity index (χ1v) is 5.96. The number of amides is 3. The Labute approximate surface area is 117 Å². The number of rotatable bonds is 3. The van der Waals surface area contributed by atoms with E-state index in [2.05, 4.69) is 5.32 Å². The zero-order valence-electron chi connectivity index (χ0n) is 9.39. The van der Waals surface area contributed by atoms with Crippen LogP contribution in [-0.2, 0) is 9.59 Å². The Hall–Kier alpha value is -1.79. The Morgan fingerprint density at radius 1 is 1.26 bits per heavy atom. The van der Waals surface area contributed by atoms with Gasteiger partial charge in [-0.25, -0.2) is 9.69 Å². The number of imide groups is 1. The highest BCUT2D eigenvalue weighted by Gasteiger charge is 2.40. The molecule has 1 unspecified atom stereocenters. The molecule has 1 aliphatic heterocycles. The molecule has 1 fully saturated rings. The third-order valence-corrected chi connectivity index (χ3v) is 2.94. The first kappa shape index (κ1) is 13.6. The van der Waals surface area contributed by atoms with Crippen LogP contribution < -0.4 is 10.2 Å². The summed E-state index contributed by atoms with van der Waals surface area (Å²) in [7, 11) is 0. The summed E-state index contributed by atoms with van der Waals surface area (Å²) in [6, 6.07) is 2.47. The van der Waals surface area contributed by atoms with Crippen LogP contribution in [0.25, 0.3) is 0 Å². The molecule has 0 bridgehead atoms. The number of carbonyl (C=O) groups is 3. The third-order valence-electron chi connectivity index (χ3n) is 2.50. The van der Waals surface area contributed by atoms with E-state index < -0.39 is 30.4 Å². The molecule has 0 aromatic heterocycles. The number of carboxylic acids is 1. The normalized spacial score (nSPS) is 18.6. The molecule has 8 heteroatoms. The van der Waals surface area contributed by atoms with Gasteiger partial charge in [-0.1, -0.05) is 23.2 Å². The van der Waals surface area contributed by atoms with Crippen molar-refractivity contribution >= 4 is 46.8 Å². The van der Waals surface area contributed by atoms with Gasteiger partial charge in [-0.3, -0.25) is 9.59 Å². The molecular weight excluding hydrogens is 295 g/mol. The molecule has 2 rings (SSSR count). The Morgan fingerprint density at radius 2 is 1.84 bits per heavy atom. The van der Waals surface area contributed by atoms with Gasteiger partial charge in [0, 0.05) is 10.0 Å². The maximum absolute atomic E-state index is 12.0. The van der Waals surface area contributed by atoms with Gasteiger partial charge in [-0.15, -0.1) is 0 Å². The highest BCUT2D eigenvalue weighted by Crippen LogP contribution is 2.28. The molecule has 1 aromatic rings. The Morgan fingerprint density at radius 3 is 2.37 bits per heavy atom. The lowest BCUT2D eigenvalue weighted by Gasteiger charge is -2.13. The lowest BCUT2D eigenvalue weighted by Crippen LogP contribution is -2.32. The van der Waals surface area contributed by atoms with E-state index >= 15 is 0 Å². The third kappa shape index (κ3) is 2.80. The summed E-state index contributed by atoms with van der Waals surface area (Å²) in [4.78, 5) is 35.1. The molecule has 1 heterocycles. The summed E-state index contributed by atoms with van der Waals surface area (Å²) in [5, 5.41) is 11.5. The van der Waals surface area contributed by atoms with Crippen molar-refractivity contribution in [2.75, 3.05) is 4.90 Å². The molecule has 0 saturated carbocycles. The molecule has 0 aliphatic carbocycles. The number of nitrogens with one attached hydrogen (secondary N) is 1. The fourth-order valence-electron chi connectivity index (χ4n) is 1.76. The smallest absolute Gasteiger partial charge is 0.329 e. The Kier molecular flexibility index (Phi) is 3.64. The van der Waals surface area contributed by atoms with Crippen molar-refractivity contribution in [3.8, 4) is 0 Å². The fraction of sp³-hybridized carbons (Fsp3) is 0.182. The highest BCUT2D eigenvalue weighted by atomic mass is 35.5. The number of halogens is 2. The second-order valence-electron chi connectivity index (χ2n) is 3.90. The molecule has 1 atom stereocenters. The molecule has 19 heavy (non-hydrogen) atoms.